The molecule has 5 rings (SSSR count). The van der Waals surface area contributed by atoms with Crippen molar-refractivity contribution in [3.8, 4) is 16.9 Å². The maximum atomic E-state index is 13.5. The van der Waals surface area contributed by atoms with Crippen LogP contribution in [0, 0.1) is 5.82 Å². The normalized spacial score (nSPS) is 11.4. The summed E-state index contributed by atoms with van der Waals surface area (Å²) in [6.45, 7) is 0. The topological polar surface area (TPSA) is 119 Å². The molecule has 9 nitrogen and oxygen atoms in total. The number of carbonyl (C=O) groups is 1. The van der Waals surface area contributed by atoms with Crippen LogP contribution in [0.4, 0.5) is 16.0 Å². The summed E-state index contributed by atoms with van der Waals surface area (Å²) in [6, 6.07) is 22.7. The summed E-state index contributed by atoms with van der Waals surface area (Å²) in [7, 11) is -3.89. The molecule has 0 aliphatic heterocycles. The summed E-state index contributed by atoms with van der Waals surface area (Å²) in [4.78, 5) is 20.3. The molecule has 194 valence electrons. The quantitative estimate of drug-likeness (QED) is 0.270. The van der Waals surface area contributed by atoms with Crippen molar-refractivity contribution in [2.45, 2.75) is 4.90 Å². The summed E-state index contributed by atoms with van der Waals surface area (Å²) in [5, 5.41) is 7.35. The molecule has 11 heteroatoms. The van der Waals surface area contributed by atoms with Crippen molar-refractivity contribution in [1.29, 1.82) is 0 Å². The van der Waals surface area contributed by atoms with Gasteiger partial charge < -0.3 is 5.32 Å². The van der Waals surface area contributed by atoms with Gasteiger partial charge in [-0.3, -0.25) is 4.79 Å². The number of hydrogen-bond donors (Lipinski definition) is 2. The first kappa shape index (κ1) is 25.5. The van der Waals surface area contributed by atoms with Gasteiger partial charge in [0.15, 0.2) is 0 Å². The summed E-state index contributed by atoms with van der Waals surface area (Å²) < 4.78 is 42.6. The van der Waals surface area contributed by atoms with Crippen molar-refractivity contribution >= 4 is 33.6 Å². The molecule has 0 bridgehead atoms. The lowest BCUT2D eigenvalue weighted by molar-refractivity contribution is -0.111. The Bertz CT molecular complexity index is 1720. The number of hydrogen-bond acceptors (Lipinski definition) is 6. The molecule has 0 aliphatic rings. The third-order valence-electron chi connectivity index (χ3n) is 5.52. The summed E-state index contributed by atoms with van der Waals surface area (Å²) in [5.41, 5.74) is 3.15. The first-order valence-electron chi connectivity index (χ1n) is 11.7. The lowest BCUT2D eigenvalue weighted by Crippen LogP contribution is -2.15. The highest BCUT2D eigenvalue weighted by Crippen LogP contribution is 2.25. The third-order valence-corrected chi connectivity index (χ3v) is 6.86. The van der Waals surface area contributed by atoms with Crippen LogP contribution in [0.3, 0.4) is 0 Å². The number of nitrogens with one attached hydrogen (secondary N) is 2. The number of halogens is 1. The molecule has 0 saturated heterocycles. The fraction of sp³-hybridized carbons (Fsp3) is 0. The first-order chi connectivity index (χ1) is 18.9. The van der Waals surface area contributed by atoms with Crippen LogP contribution in [0.2, 0.25) is 0 Å². The molecule has 2 N–H and O–H groups in total. The highest BCUT2D eigenvalue weighted by Gasteiger charge is 2.16. The lowest BCUT2D eigenvalue weighted by atomic mass is 10.1. The molecule has 3 aromatic carbocycles. The van der Waals surface area contributed by atoms with E-state index in [1.165, 1.54) is 54.9 Å². The van der Waals surface area contributed by atoms with Gasteiger partial charge in [-0.25, -0.2) is 32.2 Å². The zero-order valence-corrected chi connectivity index (χ0v) is 21.1. The number of rotatable bonds is 8. The van der Waals surface area contributed by atoms with Crippen LogP contribution in [-0.2, 0) is 14.8 Å². The van der Waals surface area contributed by atoms with E-state index in [2.05, 4.69) is 25.1 Å². The monoisotopic (exact) mass is 540 g/mol. The minimum Gasteiger partial charge on any atom is -0.323 e. The van der Waals surface area contributed by atoms with Gasteiger partial charge in [-0.2, -0.15) is 5.10 Å². The molecule has 2 aromatic heterocycles. The standard InChI is InChI=1S/C28H21FN6O3S/c29-22-10-7-20(8-11-22)27-21(19-35(33-27)24-5-2-1-3-6-24)9-16-26(36)32-23-12-14-25(15-13-23)39(37,38)34-28-30-17-4-18-31-28/h1-19H,(H,32,36)(H,30,31,34). The van der Waals surface area contributed by atoms with Crippen LogP contribution in [0.25, 0.3) is 23.0 Å². The van der Waals surface area contributed by atoms with E-state index in [4.69, 9.17) is 0 Å². The number of carbonyl (C=O) groups excluding carboxylic acids is 1. The van der Waals surface area contributed by atoms with Crippen molar-refractivity contribution in [3.63, 3.8) is 0 Å². The molecule has 2 heterocycles. The van der Waals surface area contributed by atoms with Crippen LogP contribution in [0.1, 0.15) is 5.56 Å². The number of aromatic nitrogens is 4. The number of para-hydroxylation sites is 1. The molecule has 0 radical (unpaired) electrons. The molecule has 0 unspecified atom stereocenters. The van der Waals surface area contributed by atoms with E-state index in [0.29, 0.717) is 22.5 Å². The molecule has 1 amide bonds. The van der Waals surface area contributed by atoms with Gasteiger partial charge in [0.2, 0.25) is 11.9 Å². The van der Waals surface area contributed by atoms with Crippen LogP contribution in [0.5, 0.6) is 0 Å². The second kappa shape index (κ2) is 11.1. The van der Waals surface area contributed by atoms with Crippen LogP contribution < -0.4 is 10.0 Å². The molecule has 5 aromatic rings. The fourth-order valence-electron chi connectivity index (χ4n) is 3.65. The van der Waals surface area contributed by atoms with Crippen LogP contribution >= 0.6 is 0 Å². The smallest absolute Gasteiger partial charge is 0.264 e. The van der Waals surface area contributed by atoms with Crippen molar-refractivity contribution in [2.24, 2.45) is 0 Å². The molecule has 0 aliphatic carbocycles. The van der Waals surface area contributed by atoms with Gasteiger partial charge in [-0.05, 0) is 72.8 Å². The minimum atomic E-state index is -3.89. The Balaban J connectivity index is 1.32. The molecule has 0 saturated carbocycles. The molecule has 39 heavy (non-hydrogen) atoms. The van der Waals surface area contributed by atoms with Gasteiger partial charge in [0.25, 0.3) is 10.0 Å². The van der Waals surface area contributed by atoms with Gasteiger partial charge >= 0.3 is 0 Å². The Morgan fingerprint density at radius 2 is 1.56 bits per heavy atom. The maximum Gasteiger partial charge on any atom is 0.264 e. The highest BCUT2D eigenvalue weighted by atomic mass is 32.2. The molecular weight excluding hydrogens is 519 g/mol. The number of sulfonamides is 1. The average molecular weight is 541 g/mol. The Kier molecular flexibility index (Phi) is 7.23. The highest BCUT2D eigenvalue weighted by molar-refractivity contribution is 7.92. The Morgan fingerprint density at radius 1 is 0.872 bits per heavy atom. The molecule has 0 atom stereocenters. The van der Waals surface area contributed by atoms with E-state index in [-0.39, 0.29) is 16.7 Å². The zero-order chi connectivity index (χ0) is 27.2. The summed E-state index contributed by atoms with van der Waals surface area (Å²) in [5.74, 6) is -0.838. The second-order valence-electron chi connectivity index (χ2n) is 8.24. The summed E-state index contributed by atoms with van der Waals surface area (Å²) >= 11 is 0. The third kappa shape index (κ3) is 6.22. The number of benzene rings is 3. The van der Waals surface area contributed by atoms with Crippen molar-refractivity contribution < 1.29 is 17.6 Å². The predicted molar refractivity (Wildman–Crippen MR) is 146 cm³/mol. The summed E-state index contributed by atoms with van der Waals surface area (Å²) in [6.07, 6.45) is 7.58. The Hall–Kier alpha value is -5.16. The number of anilines is 2. The molecular formula is C28H21FN6O3S. The largest absolute Gasteiger partial charge is 0.323 e. The Labute approximate surface area is 223 Å². The Morgan fingerprint density at radius 3 is 2.26 bits per heavy atom. The lowest BCUT2D eigenvalue weighted by Gasteiger charge is -2.07. The van der Waals surface area contributed by atoms with Crippen molar-refractivity contribution in [2.75, 3.05) is 10.0 Å². The fourth-order valence-corrected chi connectivity index (χ4v) is 4.61. The SMILES string of the molecule is O=C(C=Cc1cn(-c2ccccc2)nc1-c1ccc(F)cc1)Nc1ccc(S(=O)(=O)Nc2ncccn2)cc1. The van der Waals surface area contributed by atoms with Gasteiger partial charge in [-0.15, -0.1) is 0 Å². The second-order valence-corrected chi connectivity index (χ2v) is 9.93. The van der Waals surface area contributed by atoms with E-state index in [0.717, 1.165) is 5.69 Å². The van der Waals surface area contributed by atoms with E-state index in [1.807, 2.05) is 30.3 Å². The zero-order valence-electron chi connectivity index (χ0n) is 20.3. The van der Waals surface area contributed by atoms with Crippen LogP contribution in [-0.4, -0.2) is 34.1 Å². The van der Waals surface area contributed by atoms with E-state index >= 15 is 0 Å². The molecule has 0 spiro atoms. The van der Waals surface area contributed by atoms with Gasteiger partial charge in [-0.1, -0.05) is 18.2 Å². The van der Waals surface area contributed by atoms with Gasteiger partial charge in [0, 0.05) is 41.5 Å². The van der Waals surface area contributed by atoms with Crippen molar-refractivity contribution in [1.82, 2.24) is 19.7 Å². The van der Waals surface area contributed by atoms with Crippen molar-refractivity contribution in [3.05, 3.63) is 121 Å². The first-order valence-corrected chi connectivity index (χ1v) is 13.2. The van der Waals surface area contributed by atoms with E-state index in [1.54, 1.807) is 35.2 Å². The van der Waals surface area contributed by atoms with Gasteiger partial charge in [0.05, 0.1) is 16.3 Å². The van der Waals surface area contributed by atoms with Crippen LogP contribution in [0.15, 0.2) is 114 Å². The number of amides is 1. The number of nitrogens with zero attached hydrogens (tertiary/aromatic N) is 4. The maximum absolute atomic E-state index is 13.5. The van der Waals surface area contributed by atoms with E-state index in [9.17, 15) is 17.6 Å². The molecule has 0 fully saturated rings. The van der Waals surface area contributed by atoms with E-state index < -0.39 is 15.9 Å². The minimum absolute atomic E-state index is 0.0132. The predicted octanol–water partition coefficient (Wildman–Crippen LogP) is 4.92. The van der Waals surface area contributed by atoms with Gasteiger partial charge in [0.1, 0.15) is 5.82 Å². The average Bonchev–Trinajstić information content (AvgIpc) is 3.38.